The Morgan fingerprint density at radius 2 is 1.86 bits per heavy atom. The maximum absolute atomic E-state index is 5.65. The van der Waals surface area contributed by atoms with Crippen LogP contribution in [-0.4, -0.2) is 46.0 Å². The summed E-state index contributed by atoms with van der Waals surface area (Å²) in [5, 5.41) is 8.62. The van der Waals surface area contributed by atoms with Gasteiger partial charge in [-0.25, -0.2) is 4.98 Å². The standard InChI is InChI=1S/C21H27N7S/c1-2-3-6-18-8-10-19(11-9-18)28-21(29)27(23-24-28)17-25-13-15-26(16-14-25)20-7-4-5-12-22-20/h4-5,7-12H,2-3,6,13-17H2,1H3/p+2. The van der Waals surface area contributed by atoms with Crippen molar-refractivity contribution >= 4 is 18.0 Å². The van der Waals surface area contributed by atoms with Gasteiger partial charge in [-0.3, -0.25) is 4.90 Å². The molecule has 2 N–H and O–H groups in total. The Hall–Kier alpha value is -2.58. The number of hydrogen-bond donors (Lipinski definition) is 1. The first-order valence-corrected chi connectivity index (χ1v) is 10.8. The normalized spacial score (nSPS) is 15.0. The predicted octanol–water partition coefficient (Wildman–Crippen LogP) is 1.32. The van der Waals surface area contributed by atoms with Crippen molar-refractivity contribution in [2.24, 2.45) is 0 Å². The molecule has 0 atom stereocenters. The number of quaternary nitrogens is 1. The molecule has 152 valence electrons. The largest absolute Gasteiger partial charge is 0.310 e. The van der Waals surface area contributed by atoms with Crippen molar-refractivity contribution in [3.63, 3.8) is 0 Å². The molecule has 0 bridgehead atoms. The first-order valence-electron chi connectivity index (χ1n) is 10.4. The van der Waals surface area contributed by atoms with Gasteiger partial charge >= 0.3 is 0 Å². The molecule has 2 aromatic heterocycles. The Morgan fingerprint density at radius 3 is 2.55 bits per heavy atom. The average Bonchev–Trinajstić information content (AvgIpc) is 3.14. The number of aromatic amines is 1. The fourth-order valence-corrected chi connectivity index (χ4v) is 3.98. The SMILES string of the molecule is CCCCc1ccc(-n2nnn(C[NH+]3CCN(c4cccc[nH+]4)CC3)c2=S)cc1. The molecule has 0 amide bonds. The minimum atomic E-state index is 0.651. The van der Waals surface area contributed by atoms with Crippen molar-refractivity contribution in [3.05, 3.63) is 59.0 Å². The van der Waals surface area contributed by atoms with Gasteiger partial charge in [0.05, 0.1) is 11.9 Å². The third-order valence-corrected chi connectivity index (χ3v) is 5.90. The van der Waals surface area contributed by atoms with Gasteiger partial charge in [-0.15, -0.1) is 0 Å². The highest BCUT2D eigenvalue weighted by atomic mass is 32.1. The number of piperazine rings is 1. The van der Waals surface area contributed by atoms with E-state index in [-0.39, 0.29) is 0 Å². The number of aryl methyl sites for hydroxylation is 1. The highest BCUT2D eigenvalue weighted by Crippen LogP contribution is 2.11. The van der Waals surface area contributed by atoms with Crippen molar-refractivity contribution in [1.29, 1.82) is 0 Å². The van der Waals surface area contributed by atoms with Crippen molar-refractivity contribution in [3.8, 4) is 5.69 Å². The summed E-state index contributed by atoms with van der Waals surface area (Å²) in [4.78, 5) is 7.17. The Kier molecular flexibility index (Phi) is 6.31. The summed E-state index contributed by atoms with van der Waals surface area (Å²) in [6.45, 7) is 7.08. The van der Waals surface area contributed by atoms with E-state index < -0.39 is 0 Å². The Bertz CT molecular complexity index is 957. The number of aromatic nitrogens is 5. The van der Waals surface area contributed by atoms with Gasteiger partial charge in [0.25, 0.3) is 5.82 Å². The van der Waals surface area contributed by atoms with E-state index in [0.29, 0.717) is 4.77 Å². The van der Waals surface area contributed by atoms with Crippen LogP contribution < -0.4 is 14.8 Å². The number of pyridine rings is 1. The van der Waals surface area contributed by atoms with E-state index in [4.69, 9.17) is 12.2 Å². The molecule has 8 heteroatoms. The maximum Gasteiger partial charge on any atom is 0.274 e. The number of nitrogens with one attached hydrogen (secondary N) is 2. The van der Waals surface area contributed by atoms with E-state index >= 15 is 0 Å². The lowest BCUT2D eigenvalue weighted by molar-refractivity contribution is -0.924. The number of rotatable bonds is 7. The topological polar surface area (TPSA) is 57.5 Å². The second kappa shape index (κ2) is 9.28. The van der Waals surface area contributed by atoms with Crippen LogP contribution >= 0.6 is 12.2 Å². The molecule has 0 unspecified atom stereocenters. The van der Waals surface area contributed by atoms with E-state index in [1.54, 1.807) is 4.68 Å². The first kappa shape index (κ1) is 19.7. The van der Waals surface area contributed by atoms with Gasteiger partial charge in [-0.05, 0) is 59.2 Å². The number of unbranched alkanes of at least 4 members (excludes halogenated alkanes) is 1. The van der Waals surface area contributed by atoms with Crippen molar-refractivity contribution in [1.82, 2.24) is 19.8 Å². The van der Waals surface area contributed by atoms with Crippen LogP contribution in [0.25, 0.3) is 5.69 Å². The van der Waals surface area contributed by atoms with Crippen LogP contribution in [0.5, 0.6) is 0 Å². The van der Waals surface area contributed by atoms with Crippen molar-refractivity contribution in [2.45, 2.75) is 32.9 Å². The average molecular weight is 412 g/mol. The van der Waals surface area contributed by atoms with E-state index in [2.05, 4.69) is 63.6 Å². The minimum Gasteiger partial charge on any atom is -0.310 e. The van der Waals surface area contributed by atoms with E-state index in [1.165, 1.54) is 29.1 Å². The summed E-state index contributed by atoms with van der Waals surface area (Å²) in [6.07, 6.45) is 5.52. The van der Waals surface area contributed by atoms with E-state index in [0.717, 1.165) is 45.0 Å². The zero-order chi connectivity index (χ0) is 20.1. The number of benzene rings is 1. The lowest BCUT2D eigenvalue weighted by Crippen LogP contribution is -3.14. The van der Waals surface area contributed by atoms with Crippen molar-refractivity contribution < 1.29 is 9.88 Å². The molecule has 1 aliphatic rings. The van der Waals surface area contributed by atoms with Crippen molar-refractivity contribution in [2.75, 3.05) is 31.1 Å². The van der Waals surface area contributed by atoms with Crippen LogP contribution in [0.3, 0.4) is 0 Å². The minimum absolute atomic E-state index is 0.651. The third-order valence-electron chi connectivity index (χ3n) is 5.52. The molecular weight excluding hydrogens is 382 g/mol. The van der Waals surface area contributed by atoms with Crippen LogP contribution in [0.2, 0.25) is 0 Å². The Morgan fingerprint density at radius 1 is 1.07 bits per heavy atom. The molecule has 4 rings (SSSR count). The van der Waals surface area contributed by atoms with E-state index in [1.807, 2.05) is 16.9 Å². The molecule has 7 nitrogen and oxygen atoms in total. The highest BCUT2D eigenvalue weighted by molar-refractivity contribution is 7.71. The van der Waals surface area contributed by atoms with Crippen LogP contribution in [-0.2, 0) is 13.1 Å². The summed E-state index contributed by atoms with van der Waals surface area (Å²) in [7, 11) is 0. The zero-order valence-electron chi connectivity index (χ0n) is 16.9. The van der Waals surface area contributed by atoms with Crippen LogP contribution in [0.15, 0.2) is 48.7 Å². The summed E-state index contributed by atoms with van der Waals surface area (Å²) >= 11 is 5.65. The van der Waals surface area contributed by atoms with Gasteiger partial charge in [-0.1, -0.05) is 31.5 Å². The lowest BCUT2D eigenvalue weighted by Gasteiger charge is -2.27. The summed E-state index contributed by atoms with van der Waals surface area (Å²) < 4.78 is 4.26. The van der Waals surface area contributed by atoms with E-state index in [9.17, 15) is 0 Å². The van der Waals surface area contributed by atoms with Gasteiger partial charge in [0, 0.05) is 6.07 Å². The quantitative estimate of drug-likeness (QED) is 0.596. The molecule has 0 saturated carbocycles. The molecule has 0 radical (unpaired) electrons. The molecule has 3 aromatic rings. The molecular formula is C21H29N7S+2. The van der Waals surface area contributed by atoms with Gasteiger partial charge in [0.1, 0.15) is 26.2 Å². The molecule has 0 spiro atoms. The van der Waals surface area contributed by atoms with Crippen LogP contribution in [0, 0.1) is 4.77 Å². The molecule has 1 aliphatic heterocycles. The number of hydrogen-bond acceptors (Lipinski definition) is 4. The monoisotopic (exact) mass is 411 g/mol. The van der Waals surface area contributed by atoms with Gasteiger partial charge < -0.3 is 4.90 Å². The number of anilines is 1. The molecule has 3 heterocycles. The second-order valence-electron chi connectivity index (χ2n) is 7.59. The molecule has 0 aliphatic carbocycles. The smallest absolute Gasteiger partial charge is 0.274 e. The summed E-state index contributed by atoms with van der Waals surface area (Å²) in [5.41, 5.74) is 2.33. The fraction of sp³-hybridized carbons (Fsp3) is 0.429. The van der Waals surface area contributed by atoms with Gasteiger partial charge in [-0.2, -0.15) is 9.36 Å². The molecule has 1 saturated heterocycles. The van der Waals surface area contributed by atoms with Crippen LogP contribution in [0.4, 0.5) is 5.82 Å². The number of nitrogens with zero attached hydrogens (tertiary/aromatic N) is 5. The van der Waals surface area contributed by atoms with Gasteiger partial charge in [0.15, 0.2) is 6.67 Å². The second-order valence-corrected chi connectivity index (χ2v) is 7.95. The Balaban J connectivity index is 1.37. The number of tetrazole rings is 1. The Labute approximate surface area is 176 Å². The van der Waals surface area contributed by atoms with Crippen LogP contribution in [0.1, 0.15) is 25.3 Å². The zero-order valence-corrected chi connectivity index (χ0v) is 17.7. The summed E-state index contributed by atoms with van der Waals surface area (Å²) in [5.74, 6) is 1.18. The molecule has 29 heavy (non-hydrogen) atoms. The maximum atomic E-state index is 5.65. The first-order chi connectivity index (χ1) is 14.2. The molecule has 1 fully saturated rings. The number of H-pyrrole nitrogens is 1. The fourth-order valence-electron chi connectivity index (χ4n) is 3.73. The highest BCUT2D eigenvalue weighted by Gasteiger charge is 2.26. The van der Waals surface area contributed by atoms with Gasteiger partial charge in [0.2, 0.25) is 4.77 Å². The third kappa shape index (κ3) is 4.71. The molecule has 1 aromatic carbocycles. The predicted molar refractivity (Wildman–Crippen MR) is 115 cm³/mol. The lowest BCUT2D eigenvalue weighted by atomic mass is 10.1. The summed E-state index contributed by atoms with van der Waals surface area (Å²) in [6, 6.07) is 14.7.